The predicted molar refractivity (Wildman–Crippen MR) is 70.3 cm³/mol. The molecular weight excluding hydrogens is 307 g/mol. The van der Waals surface area contributed by atoms with Crippen LogP contribution in [0.4, 0.5) is 13.2 Å². The lowest BCUT2D eigenvalue weighted by atomic mass is 9.86. The van der Waals surface area contributed by atoms with Gasteiger partial charge >= 0.3 is 12.1 Å². The molecule has 1 fully saturated rings. The summed E-state index contributed by atoms with van der Waals surface area (Å²) in [6.07, 6.45) is -4.75. The van der Waals surface area contributed by atoms with Crippen LogP contribution in [0.2, 0.25) is 0 Å². The normalized spacial score (nSPS) is 22.6. The molecule has 1 aliphatic heterocycles. The second-order valence-corrected chi connectivity index (χ2v) is 6.15. The summed E-state index contributed by atoms with van der Waals surface area (Å²) in [7, 11) is 0. The number of hydrogen-bond acceptors (Lipinski definition) is 3. The fourth-order valence-electron chi connectivity index (χ4n) is 2.35. The van der Waals surface area contributed by atoms with Crippen LogP contribution in [0.15, 0.2) is 12.1 Å². The number of alkyl halides is 3. The zero-order valence-corrected chi connectivity index (χ0v) is 12.1. The quantitative estimate of drug-likeness (QED) is 0.931. The summed E-state index contributed by atoms with van der Waals surface area (Å²) < 4.78 is 39.1. The van der Waals surface area contributed by atoms with Crippen LogP contribution in [0.1, 0.15) is 27.9 Å². The van der Waals surface area contributed by atoms with Crippen molar-refractivity contribution in [1.82, 2.24) is 4.90 Å². The van der Waals surface area contributed by atoms with Gasteiger partial charge in [0, 0.05) is 18.0 Å². The average molecular weight is 321 g/mol. The maximum absolute atomic E-state index is 13.0. The summed E-state index contributed by atoms with van der Waals surface area (Å²) in [5, 5.41) is 8.96. The zero-order chi connectivity index (χ0) is 15.8. The van der Waals surface area contributed by atoms with Crippen LogP contribution in [-0.4, -0.2) is 41.1 Å². The van der Waals surface area contributed by atoms with Crippen LogP contribution in [0, 0.1) is 5.41 Å². The van der Waals surface area contributed by atoms with Gasteiger partial charge in [-0.05, 0) is 25.0 Å². The number of aryl methyl sites for hydroxylation is 1. The predicted octanol–water partition coefficient (Wildman–Crippen LogP) is 2.79. The van der Waals surface area contributed by atoms with E-state index < -0.39 is 36.4 Å². The molecule has 21 heavy (non-hydrogen) atoms. The van der Waals surface area contributed by atoms with Crippen LogP contribution in [0.3, 0.4) is 0 Å². The Morgan fingerprint density at radius 3 is 2.52 bits per heavy atom. The van der Waals surface area contributed by atoms with E-state index in [1.165, 1.54) is 11.3 Å². The highest BCUT2D eigenvalue weighted by atomic mass is 32.1. The van der Waals surface area contributed by atoms with Gasteiger partial charge in [-0.15, -0.1) is 11.3 Å². The summed E-state index contributed by atoms with van der Waals surface area (Å²) in [5.41, 5.74) is -2.85. The highest BCUT2D eigenvalue weighted by molar-refractivity contribution is 7.14. The van der Waals surface area contributed by atoms with E-state index >= 15 is 0 Å². The van der Waals surface area contributed by atoms with E-state index in [0.29, 0.717) is 4.88 Å². The van der Waals surface area contributed by atoms with E-state index in [0.717, 1.165) is 16.2 Å². The van der Waals surface area contributed by atoms with Crippen molar-refractivity contribution in [2.75, 3.05) is 13.1 Å². The standard InChI is InChI=1S/C13H14F3NO3S/c1-2-8-3-4-9(21-8)10(18)17-6-5-12(7-17,11(19)20)13(14,15)16/h3-4H,2,5-7H2,1H3,(H,19,20). The summed E-state index contributed by atoms with van der Waals surface area (Å²) in [6.45, 7) is 0.878. The number of rotatable bonds is 3. The molecule has 0 spiro atoms. The van der Waals surface area contributed by atoms with Gasteiger partial charge in [-0.25, -0.2) is 0 Å². The number of thiophene rings is 1. The smallest absolute Gasteiger partial charge is 0.406 e. The second-order valence-electron chi connectivity index (χ2n) is 4.98. The Hall–Kier alpha value is -1.57. The lowest BCUT2D eigenvalue weighted by molar-refractivity contribution is -0.227. The molecule has 0 saturated carbocycles. The summed E-state index contributed by atoms with van der Waals surface area (Å²) >= 11 is 1.22. The van der Waals surface area contributed by atoms with Crippen molar-refractivity contribution in [2.45, 2.75) is 25.9 Å². The Morgan fingerprint density at radius 1 is 1.43 bits per heavy atom. The van der Waals surface area contributed by atoms with E-state index in [9.17, 15) is 22.8 Å². The van der Waals surface area contributed by atoms with Crippen molar-refractivity contribution in [1.29, 1.82) is 0 Å². The van der Waals surface area contributed by atoms with E-state index in [1.807, 2.05) is 6.92 Å². The maximum atomic E-state index is 13.0. The molecule has 2 heterocycles. The van der Waals surface area contributed by atoms with E-state index in [4.69, 9.17) is 5.11 Å². The van der Waals surface area contributed by atoms with Crippen LogP contribution < -0.4 is 0 Å². The molecule has 1 saturated heterocycles. The highest BCUT2D eigenvalue weighted by Crippen LogP contribution is 2.46. The number of carbonyl (C=O) groups is 2. The Morgan fingerprint density at radius 2 is 2.10 bits per heavy atom. The summed E-state index contributed by atoms with van der Waals surface area (Å²) in [4.78, 5) is 25.5. The minimum atomic E-state index is -4.88. The third-order valence-corrected chi connectivity index (χ3v) is 4.95. The number of carboxylic acids is 1. The average Bonchev–Trinajstić information content (AvgIpc) is 3.04. The molecule has 0 bridgehead atoms. The molecule has 1 aromatic rings. The van der Waals surface area contributed by atoms with Gasteiger partial charge in [0.1, 0.15) is 0 Å². The molecule has 1 aliphatic rings. The Balaban J connectivity index is 2.21. The fourth-order valence-corrected chi connectivity index (χ4v) is 3.26. The number of carboxylic acid groups (broad SMARTS) is 1. The topological polar surface area (TPSA) is 57.6 Å². The SMILES string of the molecule is CCc1ccc(C(=O)N2CCC(C(=O)O)(C(F)(F)F)C2)s1. The molecule has 1 amide bonds. The van der Waals surface area contributed by atoms with Gasteiger partial charge in [0.2, 0.25) is 0 Å². The third-order valence-electron chi connectivity index (χ3n) is 3.73. The first-order valence-corrected chi connectivity index (χ1v) is 7.21. The largest absolute Gasteiger partial charge is 0.481 e. The van der Waals surface area contributed by atoms with Gasteiger partial charge in [0.05, 0.1) is 4.88 Å². The van der Waals surface area contributed by atoms with Gasteiger partial charge in [-0.3, -0.25) is 9.59 Å². The fraction of sp³-hybridized carbons (Fsp3) is 0.538. The molecular formula is C13H14F3NO3S. The number of likely N-dealkylation sites (tertiary alicyclic amines) is 1. The Bertz CT molecular complexity index is 569. The third kappa shape index (κ3) is 2.64. The van der Waals surface area contributed by atoms with Gasteiger partial charge in [-0.1, -0.05) is 6.92 Å². The van der Waals surface area contributed by atoms with Crippen LogP contribution in [0.5, 0.6) is 0 Å². The second kappa shape index (κ2) is 5.32. The molecule has 1 unspecified atom stereocenters. The number of amides is 1. The summed E-state index contributed by atoms with van der Waals surface area (Å²) in [6, 6.07) is 3.32. The number of aliphatic carboxylic acids is 1. The molecule has 4 nitrogen and oxygen atoms in total. The number of carbonyl (C=O) groups excluding carboxylic acids is 1. The molecule has 1 atom stereocenters. The zero-order valence-electron chi connectivity index (χ0n) is 11.2. The molecule has 0 aliphatic carbocycles. The number of halogens is 3. The van der Waals surface area contributed by atoms with Crippen molar-refractivity contribution in [2.24, 2.45) is 5.41 Å². The van der Waals surface area contributed by atoms with Crippen molar-refractivity contribution < 1.29 is 27.9 Å². The molecule has 0 radical (unpaired) electrons. The molecule has 1 N–H and O–H groups in total. The van der Waals surface area contributed by atoms with Crippen LogP contribution in [0.25, 0.3) is 0 Å². The number of hydrogen-bond donors (Lipinski definition) is 1. The minimum absolute atomic E-state index is 0.204. The van der Waals surface area contributed by atoms with Crippen molar-refractivity contribution in [3.8, 4) is 0 Å². The van der Waals surface area contributed by atoms with Crippen molar-refractivity contribution in [3.63, 3.8) is 0 Å². The molecule has 8 heteroatoms. The lowest BCUT2D eigenvalue weighted by Crippen LogP contribution is -2.47. The molecule has 0 aromatic carbocycles. The van der Waals surface area contributed by atoms with E-state index in [-0.39, 0.29) is 6.54 Å². The van der Waals surface area contributed by atoms with Crippen molar-refractivity contribution >= 4 is 23.2 Å². The first-order chi connectivity index (χ1) is 9.71. The van der Waals surface area contributed by atoms with Crippen LogP contribution >= 0.6 is 11.3 Å². The first kappa shape index (κ1) is 15.8. The highest BCUT2D eigenvalue weighted by Gasteiger charge is 2.64. The van der Waals surface area contributed by atoms with Gasteiger partial charge < -0.3 is 10.0 Å². The van der Waals surface area contributed by atoms with E-state index in [1.54, 1.807) is 12.1 Å². The van der Waals surface area contributed by atoms with Gasteiger partial charge in [0.15, 0.2) is 5.41 Å². The lowest BCUT2D eigenvalue weighted by Gasteiger charge is -2.27. The maximum Gasteiger partial charge on any atom is 0.406 e. The van der Waals surface area contributed by atoms with Crippen LogP contribution in [-0.2, 0) is 11.2 Å². The number of nitrogens with zero attached hydrogens (tertiary/aromatic N) is 1. The van der Waals surface area contributed by atoms with Gasteiger partial charge in [0.25, 0.3) is 5.91 Å². The minimum Gasteiger partial charge on any atom is -0.481 e. The van der Waals surface area contributed by atoms with E-state index in [2.05, 4.69) is 0 Å². The van der Waals surface area contributed by atoms with Gasteiger partial charge in [-0.2, -0.15) is 13.2 Å². The Kier molecular flexibility index (Phi) is 4.01. The monoisotopic (exact) mass is 321 g/mol. The Labute approximate surface area is 123 Å². The first-order valence-electron chi connectivity index (χ1n) is 6.39. The molecule has 2 rings (SSSR count). The van der Waals surface area contributed by atoms with Crippen molar-refractivity contribution in [3.05, 3.63) is 21.9 Å². The summed E-state index contributed by atoms with van der Waals surface area (Å²) in [5.74, 6) is -2.46. The molecule has 116 valence electrons. The molecule has 1 aromatic heterocycles.